The van der Waals surface area contributed by atoms with E-state index >= 15 is 0 Å². The average molecular weight is 195 g/mol. The minimum atomic E-state index is -4.35. The third kappa shape index (κ3) is 2.35. The van der Waals surface area contributed by atoms with Crippen LogP contribution in [0.1, 0.15) is 26.7 Å². The van der Waals surface area contributed by atoms with Crippen LogP contribution in [0.25, 0.3) is 0 Å². The number of carbonyl (C=O) groups is 1. The fraction of sp³-hybridized carbons (Fsp3) is 0.875. The van der Waals surface area contributed by atoms with Crippen molar-refractivity contribution in [3.8, 4) is 0 Å². The van der Waals surface area contributed by atoms with Gasteiger partial charge in [-0.25, -0.2) is 0 Å². The highest BCUT2D eigenvalue weighted by Gasteiger charge is 2.47. The molecule has 1 fully saturated rings. The van der Waals surface area contributed by atoms with Crippen molar-refractivity contribution < 1.29 is 18.0 Å². The number of amides is 1. The molecule has 0 aromatic carbocycles. The summed E-state index contributed by atoms with van der Waals surface area (Å²) in [5.74, 6) is -0.489. The van der Waals surface area contributed by atoms with Crippen LogP contribution < -0.4 is 5.32 Å². The summed E-state index contributed by atoms with van der Waals surface area (Å²) in [5, 5.41) is 1.96. The third-order valence-electron chi connectivity index (χ3n) is 2.39. The molecule has 0 aliphatic heterocycles. The van der Waals surface area contributed by atoms with E-state index in [0.29, 0.717) is 12.8 Å². The molecule has 0 aromatic heterocycles. The van der Waals surface area contributed by atoms with Crippen LogP contribution >= 0.6 is 0 Å². The van der Waals surface area contributed by atoms with Crippen LogP contribution in [-0.4, -0.2) is 18.1 Å². The molecule has 1 atom stereocenters. The van der Waals surface area contributed by atoms with Gasteiger partial charge in [0, 0.05) is 5.41 Å². The molecule has 76 valence electrons. The molecule has 1 aliphatic rings. The Morgan fingerprint density at radius 2 is 1.92 bits per heavy atom. The van der Waals surface area contributed by atoms with E-state index in [-0.39, 0.29) is 0 Å². The third-order valence-corrected chi connectivity index (χ3v) is 2.39. The molecule has 1 unspecified atom stereocenters. The Kier molecular flexibility index (Phi) is 2.30. The highest BCUT2D eigenvalue weighted by atomic mass is 19.4. The Hall–Kier alpha value is -0.740. The minimum absolute atomic E-state index is 0.489. The lowest BCUT2D eigenvalue weighted by atomic mass is 10.1. The Morgan fingerprint density at radius 3 is 2.23 bits per heavy atom. The quantitative estimate of drug-likeness (QED) is 0.715. The molecule has 1 N–H and O–H groups in total. The van der Waals surface area contributed by atoms with Gasteiger partial charge in [0.15, 0.2) is 0 Å². The first-order valence-corrected chi connectivity index (χ1v) is 4.13. The van der Waals surface area contributed by atoms with E-state index in [9.17, 15) is 18.0 Å². The van der Waals surface area contributed by atoms with Gasteiger partial charge in [-0.05, 0) is 19.8 Å². The molecule has 1 saturated carbocycles. The molecule has 0 bridgehead atoms. The van der Waals surface area contributed by atoms with Crippen molar-refractivity contribution in [2.75, 3.05) is 0 Å². The average Bonchev–Trinajstić information content (AvgIpc) is 2.67. The molecule has 13 heavy (non-hydrogen) atoms. The maximum Gasteiger partial charge on any atom is 0.408 e. The second kappa shape index (κ2) is 2.89. The second-order valence-electron chi connectivity index (χ2n) is 3.80. The van der Waals surface area contributed by atoms with Gasteiger partial charge < -0.3 is 5.32 Å². The van der Waals surface area contributed by atoms with Crippen molar-refractivity contribution in [2.24, 2.45) is 5.41 Å². The summed E-state index contributed by atoms with van der Waals surface area (Å²) in [7, 11) is 0. The van der Waals surface area contributed by atoms with E-state index in [0.717, 1.165) is 6.92 Å². The normalized spacial score (nSPS) is 22.2. The minimum Gasteiger partial charge on any atom is -0.344 e. The van der Waals surface area contributed by atoms with Gasteiger partial charge in [0.05, 0.1) is 0 Å². The maximum atomic E-state index is 12.0. The van der Waals surface area contributed by atoms with Crippen LogP contribution in [0.4, 0.5) is 13.2 Å². The SMILES string of the molecule is CC(NC(=O)C1(C)CC1)C(F)(F)F. The highest BCUT2D eigenvalue weighted by molar-refractivity contribution is 5.85. The molecular weight excluding hydrogens is 183 g/mol. The van der Waals surface area contributed by atoms with Crippen molar-refractivity contribution in [1.82, 2.24) is 5.32 Å². The Balaban J connectivity index is 2.45. The monoisotopic (exact) mass is 195 g/mol. The van der Waals surface area contributed by atoms with Crippen LogP contribution in [0, 0.1) is 5.41 Å². The first-order chi connectivity index (χ1) is 5.76. The number of alkyl halides is 3. The summed E-state index contributed by atoms with van der Waals surface area (Å²) < 4.78 is 36.0. The topological polar surface area (TPSA) is 29.1 Å². The lowest BCUT2D eigenvalue weighted by Crippen LogP contribution is -2.45. The second-order valence-corrected chi connectivity index (χ2v) is 3.80. The summed E-state index contributed by atoms with van der Waals surface area (Å²) in [6, 6.07) is -1.75. The molecule has 0 spiro atoms. The zero-order valence-electron chi connectivity index (χ0n) is 7.53. The number of carbonyl (C=O) groups excluding carboxylic acids is 1. The van der Waals surface area contributed by atoms with E-state index in [4.69, 9.17) is 0 Å². The molecule has 1 rings (SSSR count). The molecule has 0 radical (unpaired) electrons. The Labute approximate surface area is 74.5 Å². The zero-order chi connectivity index (χ0) is 10.3. The van der Waals surface area contributed by atoms with Crippen molar-refractivity contribution >= 4 is 5.91 Å². The molecule has 5 heteroatoms. The summed E-state index contributed by atoms with van der Waals surface area (Å²) in [5.41, 5.74) is -0.542. The summed E-state index contributed by atoms with van der Waals surface area (Å²) >= 11 is 0. The van der Waals surface area contributed by atoms with Gasteiger partial charge in [0.25, 0.3) is 0 Å². The van der Waals surface area contributed by atoms with Gasteiger partial charge in [0.1, 0.15) is 6.04 Å². The van der Waals surface area contributed by atoms with E-state index in [1.807, 2.05) is 5.32 Å². The van der Waals surface area contributed by atoms with Crippen molar-refractivity contribution in [3.63, 3.8) is 0 Å². The first-order valence-electron chi connectivity index (χ1n) is 4.13. The lowest BCUT2D eigenvalue weighted by molar-refractivity contribution is -0.159. The van der Waals surface area contributed by atoms with E-state index in [1.54, 1.807) is 6.92 Å². The highest BCUT2D eigenvalue weighted by Crippen LogP contribution is 2.45. The van der Waals surface area contributed by atoms with Gasteiger partial charge >= 0.3 is 6.18 Å². The fourth-order valence-electron chi connectivity index (χ4n) is 0.867. The Bertz CT molecular complexity index is 220. The van der Waals surface area contributed by atoms with Gasteiger partial charge in [-0.3, -0.25) is 4.79 Å². The van der Waals surface area contributed by atoms with Crippen LogP contribution in [0.5, 0.6) is 0 Å². The summed E-state index contributed by atoms with van der Waals surface area (Å²) in [6.07, 6.45) is -2.98. The van der Waals surface area contributed by atoms with Crippen LogP contribution in [0.2, 0.25) is 0 Å². The molecule has 1 amide bonds. The molecule has 0 saturated heterocycles. The largest absolute Gasteiger partial charge is 0.408 e. The zero-order valence-corrected chi connectivity index (χ0v) is 7.53. The maximum absolute atomic E-state index is 12.0. The fourth-order valence-corrected chi connectivity index (χ4v) is 0.867. The van der Waals surface area contributed by atoms with Gasteiger partial charge in [-0.1, -0.05) is 6.92 Å². The molecule has 0 heterocycles. The number of hydrogen-bond acceptors (Lipinski definition) is 1. The molecule has 2 nitrogen and oxygen atoms in total. The standard InChI is InChI=1S/C8H12F3NO/c1-5(8(9,10)11)12-6(13)7(2)3-4-7/h5H,3-4H2,1-2H3,(H,12,13). The van der Waals surface area contributed by atoms with Crippen molar-refractivity contribution in [2.45, 2.75) is 38.9 Å². The molecule has 0 aromatic rings. The van der Waals surface area contributed by atoms with Crippen molar-refractivity contribution in [1.29, 1.82) is 0 Å². The van der Waals surface area contributed by atoms with Gasteiger partial charge in [-0.15, -0.1) is 0 Å². The Morgan fingerprint density at radius 1 is 1.46 bits per heavy atom. The van der Waals surface area contributed by atoms with E-state index in [2.05, 4.69) is 0 Å². The lowest BCUT2D eigenvalue weighted by Gasteiger charge is -2.19. The number of hydrogen-bond donors (Lipinski definition) is 1. The molecule has 1 aliphatic carbocycles. The van der Waals surface area contributed by atoms with Gasteiger partial charge in [0.2, 0.25) is 5.91 Å². The summed E-state index contributed by atoms with van der Waals surface area (Å²) in [4.78, 5) is 11.2. The van der Waals surface area contributed by atoms with E-state index in [1.165, 1.54) is 0 Å². The smallest absolute Gasteiger partial charge is 0.344 e. The predicted octanol–water partition coefficient (Wildman–Crippen LogP) is 1.85. The van der Waals surface area contributed by atoms with E-state index < -0.39 is 23.5 Å². The van der Waals surface area contributed by atoms with Crippen LogP contribution in [0.3, 0.4) is 0 Å². The number of rotatable bonds is 2. The number of nitrogens with one attached hydrogen (secondary N) is 1. The van der Waals surface area contributed by atoms with Crippen LogP contribution in [0.15, 0.2) is 0 Å². The number of halogens is 3. The van der Waals surface area contributed by atoms with Crippen LogP contribution in [-0.2, 0) is 4.79 Å². The summed E-state index contributed by atoms with van der Waals surface area (Å²) in [6.45, 7) is 2.62. The van der Waals surface area contributed by atoms with Gasteiger partial charge in [-0.2, -0.15) is 13.2 Å². The van der Waals surface area contributed by atoms with Crippen molar-refractivity contribution in [3.05, 3.63) is 0 Å². The molecular formula is C8H12F3NO. The predicted molar refractivity (Wildman–Crippen MR) is 41.0 cm³/mol. The first kappa shape index (κ1) is 10.3.